The number of likely N-dealkylation sites (tertiary alicyclic amines) is 1. The maximum atomic E-state index is 12.3. The Balaban J connectivity index is 1.35. The van der Waals surface area contributed by atoms with Gasteiger partial charge in [-0.05, 0) is 30.9 Å². The summed E-state index contributed by atoms with van der Waals surface area (Å²) in [4.78, 5) is 14.3. The SMILES string of the molecule is O=C1C(NC2CC2)CCN1CC1Cc2ccccc2O1. The van der Waals surface area contributed by atoms with Crippen LogP contribution < -0.4 is 10.1 Å². The van der Waals surface area contributed by atoms with E-state index in [4.69, 9.17) is 4.74 Å². The Labute approximate surface area is 119 Å². The number of hydrogen-bond donors (Lipinski definition) is 1. The minimum absolute atomic E-state index is 0.0475. The highest BCUT2D eigenvalue weighted by Gasteiger charge is 2.37. The molecule has 2 fully saturated rings. The Morgan fingerprint density at radius 2 is 2.10 bits per heavy atom. The second-order valence-corrected chi connectivity index (χ2v) is 6.12. The molecule has 1 saturated heterocycles. The van der Waals surface area contributed by atoms with Crippen molar-refractivity contribution < 1.29 is 9.53 Å². The first-order valence-electron chi connectivity index (χ1n) is 7.59. The molecule has 0 bridgehead atoms. The summed E-state index contributed by atoms with van der Waals surface area (Å²) in [5.41, 5.74) is 1.26. The molecule has 2 atom stereocenters. The lowest BCUT2D eigenvalue weighted by Crippen LogP contribution is -2.42. The van der Waals surface area contributed by atoms with Gasteiger partial charge in [-0.25, -0.2) is 0 Å². The van der Waals surface area contributed by atoms with Crippen molar-refractivity contribution in [3.63, 3.8) is 0 Å². The molecule has 4 heteroatoms. The van der Waals surface area contributed by atoms with Gasteiger partial charge in [-0.15, -0.1) is 0 Å². The first-order chi connectivity index (χ1) is 9.79. The summed E-state index contributed by atoms with van der Waals surface area (Å²) < 4.78 is 5.93. The lowest BCUT2D eigenvalue weighted by molar-refractivity contribution is -0.130. The molecule has 3 aliphatic rings. The van der Waals surface area contributed by atoms with Crippen LogP contribution in [0.4, 0.5) is 0 Å². The molecule has 1 saturated carbocycles. The fourth-order valence-corrected chi connectivity index (χ4v) is 3.21. The number of amides is 1. The summed E-state index contributed by atoms with van der Waals surface area (Å²) >= 11 is 0. The van der Waals surface area contributed by atoms with Gasteiger partial charge in [0.1, 0.15) is 11.9 Å². The molecule has 0 radical (unpaired) electrons. The largest absolute Gasteiger partial charge is 0.488 e. The van der Waals surface area contributed by atoms with E-state index in [0.29, 0.717) is 6.04 Å². The summed E-state index contributed by atoms with van der Waals surface area (Å²) in [6.45, 7) is 1.58. The van der Waals surface area contributed by atoms with Crippen molar-refractivity contribution in [2.24, 2.45) is 0 Å². The maximum Gasteiger partial charge on any atom is 0.239 e. The van der Waals surface area contributed by atoms with Crippen LogP contribution in [-0.4, -0.2) is 42.1 Å². The van der Waals surface area contributed by atoms with Gasteiger partial charge in [-0.1, -0.05) is 18.2 Å². The number of hydrogen-bond acceptors (Lipinski definition) is 3. The van der Waals surface area contributed by atoms with Crippen molar-refractivity contribution in [1.82, 2.24) is 10.2 Å². The monoisotopic (exact) mass is 272 g/mol. The molecule has 2 unspecified atom stereocenters. The number of fused-ring (bicyclic) bond motifs is 1. The molecular formula is C16H20N2O2. The average molecular weight is 272 g/mol. The van der Waals surface area contributed by atoms with Crippen LogP contribution >= 0.6 is 0 Å². The van der Waals surface area contributed by atoms with E-state index in [1.807, 2.05) is 23.1 Å². The summed E-state index contributed by atoms with van der Waals surface area (Å²) in [5, 5.41) is 3.44. The normalized spacial score (nSPS) is 28.6. The van der Waals surface area contributed by atoms with Crippen molar-refractivity contribution in [3.05, 3.63) is 29.8 Å². The van der Waals surface area contributed by atoms with E-state index in [1.165, 1.54) is 18.4 Å². The topological polar surface area (TPSA) is 41.6 Å². The predicted octanol–water partition coefficient (Wildman–Crippen LogP) is 1.34. The van der Waals surface area contributed by atoms with E-state index in [9.17, 15) is 4.79 Å². The highest BCUT2D eigenvalue weighted by atomic mass is 16.5. The summed E-state index contributed by atoms with van der Waals surface area (Å²) in [6, 6.07) is 8.80. The van der Waals surface area contributed by atoms with Crippen LogP contribution in [-0.2, 0) is 11.2 Å². The average Bonchev–Trinajstić information content (AvgIpc) is 3.08. The molecule has 0 spiro atoms. The zero-order valence-electron chi connectivity index (χ0n) is 11.5. The van der Waals surface area contributed by atoms with Gasteiger partial charge in [0.05, 0.1) is 12.6 Å². The quantitative estimate of drug-likeness (QED) is 0.899. The van der Waals surface area contributed by atoms with Gasteiger partial charge in [0.2, 0.25) is 5.91 Å². The molecule has 1 N–H and O–H groups in total. The molecule has 20 heavy (non-hydrogen) atoms. The molecule has 1 amide bonds. The highest BCUT2D eigenvalue weighted by Crippen LogP contribution is 2.29. The van der Waals surface area contributed by atoms with Gasteiger partial charge in [-0.3, -0.25) is 4.79 Å². The maximum absolute atomic E-state index is 12.3. The molecular weight excluding hydrogens is 252 g/mol. The third-order valence-corrected chi connectivity index (χ3v) is 4.45. The second kappa shape index (κ2) is 4.77. The van der Waals surface area contributed by atoms with Gasteiger partial charge in [0.15, 0.2) is 0 Å². The van der Waals surface area contributed by atoms with E-state index >= 15 is 0 Å². The van der Waals surface area contributed by atoms with Crippen molar-refractivity contribution in [2.75, 3.05) is 13.1 Å². The lowest BCUT2D eigenvalue weighted by Gasteiger charge is -2.21. The first-order valence-corrected chi connectivity index (χ1v) is 7.59. The van der Waals surface area contributed by atoms with E-state index in [2.05, 4.69) is 11.4 Å². The molecule has 0 aromatic heterocycles. The zero-order valence-corrected chi connectivity index (χ0v) is 11.5. The number of para-hydroxylation sites is 1. The van der Waals surface area contributed by atoms with Crippen molar-refractivity contribution >= 4 is 5.91 Å². The second-order valence-electron chi connectivity index (χ2n) is 6.12. The molecule has 2 aliphatic heterocycles. The van der Waals surface area contributed by atoms with Crippen LogP contribution in [0.25, 0.3) is 0 Å². The number of benzene rings is 1. The number of carbonyl (C=O) groups is 1. The molecule has 4 nitrogen and oxygen atoms in total. The molecule has 1 aromatic rings. The van der Waals surface area contributed by atoms with Gasteiger partial charge >= 0.3 is 0 Å². The van der Waals surface area contributed by atoms with E-state index in [1.54, 1.807) is 0 Å². The first kappa shape index (κ1) is 12.2. The predicted molar refractivity (Wildman–Crippen MR) is 75.7 cm³/mol. The number of rotatable bonds is 4. The fraction of sp³-hybridized carbons (Fsp3) is 0.562. The van der Waals surface area contributed by atoms with Crippen molar-refractivity contribution in [1.29, 1.82) is 0 Å². The number of ether oxygens (including phenoxy) is 1. The summed E-state index contributed by atoms with van der Waals surface area (Å²) in [5.74, 6) is 1.24. The third-order valence-electron chi connectivity index (χ3n) is 4.45. The van der Waals surface area contributed by atoms with Crippen molar-refractivity contribution in [2.45, 2.75) is 43.9 Å². The van der Waals surface area contributed by atoms with Gasteiger partial charge in [0.25, 0.3) is 0 Å². The minimum atomic E-state index is 0.0475. The molecule has 4 rings (SSSR count). The van der Waals surface area contributed by atoms with Crippen LogP contribution in [0.2, 0.25) is 0 Å². The van der Waals surface area contributed by atoms with Crippen LogP contribution in [0, 0.1) is 0 Å². The highest BCUT2D eigenvalue weighted by molar-refractivity contribution is 5.84. The molecule has 1 aromatic carbocycles. The Kier molecular flexibility index (Phi) is 2.91. The van der Waals surface area contributed by atoms with Crippen LogP contribution in [0.3, 0.4) is 0 Å². The molecule has 1 aliphatic carbocycles. The summed E-state index contributed by atoms with van der Waals surface area (Å²) in [7, 11) is 0. The zero-order chi connectivity index (χ0) is 13.5. The standard InChI is InChI=1S/C16H20N2O2/c19-16-14(17-12-5-6-12)7-8-18(16)10-13-9-11-3-1-2-4-15(11)20-13/h1-4,12-14,17H,5-10H2. The Hall–Kier alpha value is -1.55. The van der Waals surface area contributed by atoms with Crippen LogP contribution in [0.5, 0.6) is 5.75 Å². The Morgan fingerprint density at radius 1 is 1.25 bits per heavy atom. The number of nitrogens with one attached hydrogen (secondary N) is 1. The van der Waals surface area contributed by atoms with E-state index in [-0.39, 0.29) is 18.1 Å². The molecule has 106 valence electrons. The van der Waals surface area contributed by atoms with Crippen LogP contribution in [0.1, 0.15) is 24.8 Å². The number of nitrogens with zero attached hydrogens (tertiary/aromatic N) is 1. The van der Waals surface area contributed by atoms with E-state index < -0.39 is 0 Å². The summed E-state index contributed by atoms with van der Waals surface area (Å²) in [6.07, 6.45) is 4.43. The third kappa shape index (κ3) is 2.29. The Morgan fingerprint density at radius 3 is 2.90 bits per heavy atom. The lowest BCUT2D eigenvalue weighted by atomic mass is 10.1. The molecule has 2 heterocycles. The fourth-order valence-electron chi connectivity index (χ4n) is 3.21. The van der Waals surface area contributed by atoms with Crippen LogP contribution in [0.15, 0.2) is 24.3 Å². The smallest absolute Gasteiger partial charge is 0.239 e. The number of carbonyl (C=O) groups excluding carboxylic acids is 1. The van der Waals surface area contributed by atoms with Gasteiger partial charge in [0, 0.05) is 19.0 Å². The van der Waals surface area contributed by atoms with E-state index in [0.717, 1.165) is 31.7 Å². The minimum Gasteiger partial charge on any atom is -0.488 e. The van der Waals surface area contributed by atoms with Crippen molar-refractivity contribution in [3.8, 4) is 5.75 Å². The van der Waals surface area contributed by atoms with Gasteiger partial charge < -0.3 is 15.0 Å². The van der Waals surface area contributed by atoms with Gasteiger partial charge in [-0.2, -0.15) is 0 Å². The Bertz CT molecular complexity index is 502.